The van der Waals surface area contributed by atoms with E-state index in [0.717, 1.165) is 11.8 Å². The molecule has 2 saturated heterocycles. The van der Waals surface area contributed by atoms with Gasteiger partial charge in [0.05, 0.1) is 12.2 Å². The van der Waals surface area contributed by atoms with Crippen LogP contribution in [0.3, 0.4) is 0 Å². The van der Waals surface area contributed by atoms with E-state index in [9.17, 15) is 0 Å². The molecule has 2 heteroatoms. The van der Waals surface area contributed by atoms with Crippen molar-refractivity contribution in [2.75, 3.05) is 13.1 Å². The summed E-state index contributed by atoms with van der Waals surface area (Å²) in [6.45, 7) is 2.46. The highest BCUT2D eigenvalue weighted by Gasteiger charge is 2.40. The van der Waals surface area contributed by atoms with Gasteiger partial charge in [0.2, 0.25) is 0 Å². The van der Waals surface area contributed by atoms with Crippen molar-refractivity contribution in [2.45, 2.75) is 57.2 Å². The summed E-state index contributed by atoms with van der Waals surface area (Å²) in [4.78, 5) is 0. The predicted octanol–water partition coefficient (Wildman–Crippen LogP) is 2.33. The second kappa shape index (κ2) is 4.42. The molecule has 0 radical (unpaired) electrons. The van der Waals surface area contributed by atoms with Gasteiger partial charge in [-0.25, -0.2) is 0 Å². The van der Waals surface area contributed by atoms with Crippen molar-refractivity contribution in [3.8, 4) is 0 Å². The van der Waals surface area contributed by atoms with Crippen LogP contribution < -0.4 is 5.32 Å². The molecule has 3 atom stereocenters. The van der Waals surface area contributed by atoms with Gasteiger partial charge in [0.25, 0.3) is 0 Å². The smallest absolute Gasteiger partial charge is 0.0621 e. The maximum atomic E-state index is 5.87. The SMILES string of the molecule is C1CCC(CNCC2CC3CCC2O3)C1. The van der Waals surface area contributed by atoms with Crippen molar-refractivity contribution in [2.24, 2.45) is 11.8 Å². The molecule has 0 aromatic rings. The Morgan fingerprint density at radius 3 is 2.53 bits per heavy atom. The summed E-state index contributed by atoms with van der Waals surface area (Å²) in [7, 11) is 0. The molecule has 86 valence electrons. The third-order valence-electron chi connectivity index (χ3n) is 4.55. The monoisotopic (exact) mass is 209 g/mol. The van der Waals surface area contributed by atoms with Crippen LogP contribution in [0.25, 0.3) is 0 Å². The average Bonchev–Trinajstić information content (AvgIpc) is 2.93. The lowest BCUT2D eigenvalue weighted by molar-refractivity contribution is 0.0923. The molecule has 2 aliphatic heterocycles. The van der Waals surface area contributed by atoms with Gasteiger partial charge < -0.3 is 10.1 Å². The van der Waals surface area contributed by atoms with E-state index in [4.69, 9.17) is 4.74 Å². The number of nitrogens with one attached hydrogen (secondary N) is 1. The molecule has 2 nitrogen and oxygen atoms in total. The summed E-state index contributed by atoms with van der Waals surface area (Å²) in [6.07, 6.45) is 11.0. The van der Waals surface area contributed by atoms with Gasteiger partial charge in [-0.15, -0.1) is 0 Å². The van der Waals surface area contributed by atoms with Crippen LogP contribution in [0, 0.1) is 11.8 Å². The second-order valence-corrected chi connectivity index (χ2v) is 5.68. The first kappa shape index (κ1) is 10.1. The van der Waals surface area contributed by atoms with Crippen LogP contribution >= 0.6 is 0 Å². The normalized spacial score (nSPS) is 40.4. The molecule has 3 aliphatic rings. The first-order chi connectivity index (χ1) is 7.42. The minimum atomic E-state index is 0.603. The molecule has 1 aliphatic carbocycles. The van der Waals surface area contributed by atoms with Crippen molar-refractivity contribution >= 4 is 0 Å². The molecule has 1 N–H and O–H groups in total. The van der Waals surface area contributed by atoms with Gasteiger partial charge in [0, 0.05) is 12.5 Å². The molecular formula is C13H23NO. The Morgan fingerprint density at radius 2 is 1.87 bits per heavy atom. The Balaban J connectivity index is 1.36. The zero-order valence-corrected chi connectivity index (χ0v) is 9.58. The van der Waals surface area contributed by atoms with Crippen molar-refractivity contribution in [3.05, 3.63) is 0 Å². The lowest BCUT2D eigenvalue weighted by Crippen LogP contribution is -2.32. The van der Waals surface area contributed by atoms with E-state index >= 15 is 0 Å². The Morgan fingerprint density at radius 1 is 1.00 bits per heavy atom. The van der Waals surface area contributed by atoms with E-state index in [1.165, 1.54) is 58.0 Å². The Hall–Kier alpha value is -0.0800. The minimum absolute atomic E-state index is 0.603. The van der Waals surface area contributed by atoms with Crippen molar-refractivity contribution in [3.63, 3.8) is 0 Å². The fourth-order valence-electron chi connectivity index (χ4n) is 3.65. The third-order valence-corrected chi connectivity index (χ3v) is 4.55. The van der Waals surface area contributed by atoms with Gasteiger partial charge in [-0.05, 0) is 44.6 Å². The number of ether oxygens (including phenoxy) is 1. The molecule has 3 rings (SSSR count). The Bertz CT molecular complexity index is 213. The van der Waals surface area contributed by atoms with Crippen LogP contribution in [-0.2, 0) is 4.74 Å². The van der Waals surface area contributed by atoms with Gasteiger partial charge in [0.15, 0.2) is 0 Å². The zero-order valence-electron chi connectivity index (χ0n) is 9.58. The maximum Gasteiger partial charge on any atom is 0.0621 e. The standard InChI is InChI=1S/C13H23NO/c1-2-4-10(3-1)8-14-9-11-7-12-5-6-13(11)15-12/h10-14H,1-9H2. The highest BCUT2D eigenvalue weighted by molar-refractivity contribution is 4.90. The van der Waals surface area contributed by atoms with Crippen LogP contribution in [0.2, 0.25) is 0 Å². The van der Waals surface area contributed by atoms with Crippen LogP contribution in [0.1, 0.15) is 44.9 Å². The summed E-state index contributed by atoms with van der Waals surface area (Å²) in [5.74, 6) is 1.80. The fourth-order valence-corrected chi connectivity index (χ4v) is 3.65. The van der Waals surface area contributed by atoms with E-state index < -0.39 is 0 Å². The van der Waals surface area contributed by atoms with Crippen molar-refractivity contribution in [1.82, 2.24) is 5.32 Å². The lowest BCUT2D eigenvalue weighted by Gasteiger charge is -2.20. The van der Waals surface area contributed by atoms with Crippen LogP contribution in [0.4, 0.5) is 0 Å². The largest absolute Gasteiger partial charge is 0.375 e. The number of rotatable bonds is 4. The summed E-state index contributed by atoms with van der Waals surface area (Å²) < 4.78 is 5.87. The minimum Gasteiger partial charge on any atom is -0.375 e. The highest BCUT2D eigenvalue weighted by Crippen LogP contribution is 2.38. The second-order valence-electron chi connectivity index (χ2n) is 5.68. The van der Waals surface area contributed by atoms with Crippen LogP contribution in [-0.4, -0.2) is 25.3 Å². The van der Waals surface area contributed by atoms with Gasteiger partial charge in [-0.2, -0.15) is 0 Å². The molecule has 2 bridgehead atoms. The molecule has 0 aromatic carbocycles. The summed E-state index contributed by atoms with van der Waals surface area (Å²) in [6, 6.07) is 0. The van der Waals surface area contributed by atoms with Crippen molar-refractivity contribution < 1.29 is 4.74 Å². The molecular weight excluding hydrogens is 186 g/mol. The number of fused-ring (bicyclic) bond motifs is 2. The maximum absolute atomic E-state index is 5.87. The highest BCUT2D eigenvalue weighted by atomic mass is 16.5. The first-order valence-electron chi connectivity index (χ1n) is 6.78. The molecule has 1 saturated carbocycles. The van der Waals surface area contributed by atoms with Gasteiger partial charge >= 0.3 is 0 Å². The molecule has 15 heavy (non-hydrogen) atoms. The van der Waals surface area contributed by atoms with Crippen molar-refractivity contribution in [1.29, 1.82) is 0 Å². The molecule has 2 heterocycles. The molecule has 0 aromatic heterocycles. The van der Waals surface area contributed by atoms with E-state index in [-0.39, 0.29) is 0 Å². The van der Waals surface area contributed by atoms with Crippen LogP contribution in [0.5, 0.6) is 0 Å². The quantitative estimate of drug-likeness (QED) is 0.767. The third kappa shape index (κ3) is 2.21. The van der Waals surface area contributed by atoms with Gasteiger partial charge in [-0.3, -0.25) is 0 Å². The van der Waals surface area contributed by atoms with E-state index in [2.05, 4.69) is 5.32 Å². The lowest BCUT2D eigenvalue weighted by atomic mass is 9.89. The van der Waals surface area contributed by atoms with E-state index in [1.807, 2.05) is 0 Å². The molecule has 3 fully saturated rings. The zero-order chi connectivity index (χ0) is 10.1. The fraction of sp³-hybridized carbons (Fsp3) is 1.00. The van der Waals surface area contributed by atoms with E-state index in [1.54, 1.807) is 0 Å². The molecule has 0 spiro atoms. The summed E-state index contributed by atoms with van der Waals surface area (Å²) in [5.41, 5.74) is 0. The van der Waals surface area contributed by atoms with Gasteiger partial charge in [-0.1, -0.05) is 12.8 Å². The van der Waals surface area contributed by atoms with Crippen LogP contribution in [0.15, 0.2) is 0 Å². The molecule has 0 amide bonds. The number of hydrogen-bond acceptors (Lipinski definition) is 2. The number of hydrogen-bond donors (Lipinski definition) is 1. The Kier molecular flexibility index (Phi) is 2.98. The Labute approximate surface area is 92.8 Å². The topological polar surface area (TPSA) is 21.3 Å². The predicted molar refractivity (Wildman–Crippen MR) is 60.8 cm³/mol. The molecule has 3 unspecified atom stereocenters. The van der Waals surface area contributed by atoms with Gasteiger partial charge in [0.1, 0.15) is 0 Å². The average molecular weight is 209 g/mol. The summed E-state index contributed by atoms with van der Waals surface area (Å²) in [5, 5.41) is 3.67. The summed E-state index contributed by atoms with van der Waals surface area (Å²) >= 11 is 0. The first-order valence-corrected chi connectivity index (χ1v) is 6.78. The van der Waals surface area contributed by atoms with E-state index in [0.29, 0.717) is 12.2 Å².